The molecule has 17 heavy (non-hydrogen) atoms. The Morgan fingerprint density at radius 1 is 1.12 bits per heavy atom. The van der Waals surface area contributed by atoms with Gasteiger partial charge in [0.2, 0.25) is 0 Å². The van der Waals surface area contributed by atoms with E-state index in [9.17, 15) is 5.21 Å². The summed E-state index contributed by atoms with van der Waals surface area (Å²) in [6, 6.07) is 7.36. The van der Waals surface area contributed by atoms with Crippen LogP contribution in [0, 0.1) is 19.1 Å². The van der Waals surface area contributed by atoms with Gasteiger partial charge < -0.3 is 5.21 Å². The molecular weight excluding hydrogens is 348 g/mol. The van der Waals surface area contributed by atoms with Crippen molar-refractivity contribution in [1.29, 1.82) is 0 Å². The molecule has 2 aromatic heterocycles. The van der Waals surface area contributed by atoms with Crippen LogP contribution in [0.2, 0.25) is 0 Å². The van der Waals surface area contributed by atoms with Crippen molar-refractivity contribution in [2.24, 2.45) is 0 Å². The number of hydrogen-bond acceptors (Lipinski definition) is 2. The Hall–Kier alpha value is -0.940. The van der Waals surface area contributed by atoms with Crippen LogP contribution in [0.5, 0.6) is 0 Å². The van der Waals surface area contributed by atoms with Gasteiger partial charge in [-0.05, 0) is 19.1 Å². The summed E-state index contributed by atoms with van der Waals surface area (Å²) in [6.45, 7) is 3.72. The summed E-state index contributed by atoms with van der Waals surface area (Å²) >= 11 is 6.57. The standard InChI is InChI=1S/C6H6BrNO.C6H6BrN/c1-5-4-6(7)2-3-8(5)9;1-5-4-6(7)2-3-8-5/h2-4H,1H3;2-4H,1H3. The highest BCUT2D eigenvalue weighted by Gasteiger charge is 1.95. The average molecular weight is 360 g/mol. The van der Waals surface area contributed by atoms with E-state index in [1.165, 1.54) is 6.20 Å². The lowest BCUT2D eigenvalue weighted by molar-refractivity contribution is -0.612. The van der Waals surface area contributed by atoms with Crippen LogP contribution in [0.15, 0.2) is 45.6 Å². The maximum absolute atomic E-state index is 10.7. The van der Waals surface area contributed by atoms with Crippen LogP contribution < -0.4 is 4.73 Å². The fourth-order valence-corrected chi connectivity index (χ4v) is 1.98. The molecule has 0 aromatic carbocycles. The van der Waals surface area contributed by atoms with Gasteiger partial charge in [-0.2, -0.15) is 4.73 Å². The Morgan fingerprint density at radius 3 is 2.18 bits per heavy atom. The largest absolute Gasteiger partial charge is 0.619 e. The van der Waals surface area contributed by atoms with E-state index < -0.39 is 0 Å². The van der Waals surface area contributed by atoms with Crippen molar-refractivity contribution in [3.05, 3.63) is 62.2 Å². The second-order valence-electron chi connectivity index (χ2n) is 3.43. The first-order valence-corrected chi connectivity index (χ1v) is 6.51. The van der Waals surface area contributed by atoms with E-state index in [-0.39, 0.29) is 0 Å². The van der Waals surface area contributed by atoms with Gasteiger partial charge in [-0.1, -0.05) is 31.9 Å². The predicted molar refractivity (Wildman–Crippen MR) is 74.5 cm³/mol. The first kappa shape index (κ1) is 14.1. The molecule has 0 fully saturated rings. The van der Waals surface area contributed by atoms with Gasteiger partial charge in [0.15, 0.2) is 11.9 Å². The van der Waals surface area contributed by atoms with Gasteiger partial charge in [0.25, 0.3) is 0 Å². The topological polar surface area (TPSA) is 39.8 Å². The molecule has 2 heterocycles. The fraction of sp³-hybridized carbons (Fsp3) is 0.167. The maximum Gasteiger partial charge on any atom is 0.190 e. The zero-order valence-corrected chi connectivity index (χ0v) is 12.7. The van der Waals surface area contributed by atoms with Gasteiger partial charge in [0.1, 0.15) is 0 Å². The van der Waals surface area contributed by atoms with E-state index in [2.05, 4.69) is 36.8 Å². The van der Waals surface area contributed by atoms with Crippen LogP contribution in [0.3, 0.4) is 0 Å². The molecule has 0 unspecified atom stereocenters. The molecule has 0 aliphatic heterocycles. The number of halogens is 2. The summed E-state index contributed by atoms with van der Waals surface area (Å²) in [7, 11) is 0. The summed E-state index contributed by atoms with van der Waals surface area (Å²) < 4.78 is 2.85. The Kier molecular flexibility index (Phi) is 5.58. The minimum Gasteiger partial charge on any atom is -0.619 e. The van der Waals surface area contributed by atoms with Crippen molar-refractivity contribution in [3.63, 3.8) is 0 Å². The van der Waals surface area contributed by atoms with Crippen LogP contribution in [0.25, 0.3) is 0 Å². The Labute approximate surface area is 117 Å². The quantitative estimate of drug-likeness (QED) is 0.533. The summed E-state index contributed by atoms with van der Waals surface area (Å²) in [5.74, 6) is 0. The van der Waals surface area contributed by atoms with E-state index >= 15 is 0 Å². The van der Waals surface area contributed by atoms with Crippen molar-refractivity contribution in [2.75, 3.05) is 0 Å². The first-order valence-electron chi connectivity index (χ1n) is 4.92. The molecule has 0 aliphatic carbocycles. The normalized spacial score (nSPS) is 9.41. The molecule has 3 nitrogen and oxygen atoms in total. The monoisotopic (exact) mass is 358 g/mol. The molecule has 0 radical (unpaired) electrons. The Morgan fingerprint density at radius 2 is 1.76 bits per heavy atom. The first-order chi connectivity index (χ1) is 7.99. The van der Waals surface area contributed by atoms with Crippen LogP contribution in [0.4, 0.5) is 0 Å². The molecule has 2 rings (SSSR count). The molecule has 90 valence electrons. The molecule has 0 bridgehead atoms. The SMILES string of the molecule is Cc1cc(Br)cc[n+]1[O-].Cc1cc(Br)ccn1. The third-order valence-corrected chi connectivity index (χ3v) is 2.91. The van der Waals surface area contributed by atoms with Crippen LogP contribution >= 0.6 is 31.9 Å². The average Bonchev–Trinajstić information content (AvgIpc) is 2.24. The fourth-order valence-electron chi connectivity index (χ4n) is 1.08. The summed E-state index contributed by atoms with van der Waals surface area (Å²) in [4.78, 5) is 4.01. The van der Waals surface area contributed by atoms with Gasteiger partial charge in [-0.3, -0.25) is 4.98 Å². The predicted octanol–water partition coefficient (Wildman–Crippen LogP) is 3.54. The maximum atomic E-state index is 10.7. The number of aromatic nitrogens is 2. The van der Waals surface area contributed by atoms with Crippen molar-refractivity contribution >= 4 is 31.9 Å². The highest BCUT2D eigenvalue weighted by atomic mass is 79.9. The van der Waals surface area contributed by atoms with E-state index in [4.69, 9.17) is 0 Å². The smallest absolute Gasteiger partial charge is 0.190 e. The van der Waals surface area contributed by atoms with Crippen LogP contribution in [0.1, 0.15) is 11.4 Å². The van der Waals surface area contributed by atoms with Crippen LogP contribution in [-0.4, -0.2) is 4.98 Å². The molecular formula is C12H12Br2N2O. The van der Waals surface area contributed by atoms with E-state index in [1.54, 1.807) is 25.3 Å². The number of aryl methyl sites for hydroxylation is 2. The third kappa shape index (κ3) is 5.28. The van der Waals surface area contributed by atoms with Crippen molar-refractivity contribution in [3.8, 4) is 0 Å². The second kappa shape index (κ2) is 6.71. The zero-order chi connectivity index (χ0) is 12.8. The molecule has 0 saturated carbocycles. The molecule has 0 aliphatic rings. The van der Waals surface area contributed by atoms with Gasteiger partial charge >= 0.3 is 0 Å². The minimum atomic E-state index is 0.698. The van der Waals surface area contributed by atoms with E-state index in [0.717, 1.165) is 19.4 Å². The molecule has 0 N–H and O–H groups in total. The molecule has 2 aromatic rings. The zero-order valence-electron chi connectivity index (χ0n) is 9.52. The van der Waals surface area contributed by atoms with Gasteiger partial charge in [-0.25, -0.2) is 0 Å². The Bertz CT molecular complexity index is 486. The van der Waals surface area contributed by atoms with Crippen molar-refractivity contribution in [1.82, 2.24) is 4.98 Å². The number of nitrogens with zero attached hydrogens (tertiary/aromatic N) is 2. The summed E-state index contributed by atoms with van der Waals surface area (Å²) in [6.07, 6.45) is 3.25. The highest BCUT2D eigenvalue weighted by molar-refractivity contribution is 9.10. The molecule has 0 amide bonds. The summed E-state index contributed by atoms with van der Waals surface area (Å²) in [5.41, 5.74) is 1.74. The van der Waals surface area contributed by atoms with Gasteiger partial charge in [-0.15, -0.1) is 0 Å². The third-order valence-electron chi connectivity index (χ3n) is 1.92. The molecule has 0 saturated heterocycles. The number of rotatable bonds is 0. The number of pyridine rings is 2. The lowest BCUT2D eigenvalue weighted by Crippen LogP contribution is -2.28. The minimum absolute atomic E-state index is 0.698. The molecule has 0 atom stereocenters. The lowest BCUT2D eigenvalue weighted by atomic mass is 10.4. The highest BCUT2D eigenvalue weighted by Crippen LogP contribution is 2.07. The van der Waals surface area contributed by atoms with E-state index in [0.29, 0.717) is 5.69 Å². The molecule has 5 heteroatoms. The van der Waals surface area contributed by atoms with Gasteiger partial charge in [0, 0.05) is 39.9 Å². The van der Waals surface area contributed by atoms with Gasteiger partial charge in [0.05, 0.1) is 0 Å². The van der Waals surface area contributed by atoms with E-state index in [1.807, 2.05) is 19.1 Å². The second-order valence-corrected chi connectivity index (χ2v) is 5.26. The van der Waals surface area contributed by atoms with Crippen LogP contribution in [-0.2, 0) is 0 Å². The number of hydrogen-bond donors (Lipinski definition) is 0. The Balaban J connectivity index is 0.000000171. The van der Waals surface area contributed by atoms with Crippen molar-refractivity contribution in [2.45, 2.75) is 13.8 Å². The lowest BCUT2D eigenvalue weighted by Gasteiger charge is -1.97. The molecule has 0 spiro atoms. The van der Waals surface area contributed by atoms with Crippen molar-refractivity contribution < 1.29 is 4.73 Å². The summed E-state index contributed by atoms with van der Waals surface area (Å²) in [5, 5.41) is 10.7.